The van der Waals surface area contributed by atoms with E-state index in [-0.39, 0.29) is 0 Å². The Kier molecular flexibility index (Phi) is 3.59. The molecule has 1 aliphatic rings. The molecule has 0 aliphatic carbocycles. The number of nitrogens with one attached hydrogen (secondary N) is 1. The van der Waals surface area contributed by atoms with E-state index in [0.717, 1.165) is 11.0 Å². The van der Waals surface area contributed by atoms with Crippen molar-refractivity contribution in [2.45, 2.75) is 19.6 Å². The number of rotatable bonds is 2. The van der Waals surface area contributed by atoms with Gasteiger partial charge in [-0.3, -0.25) is 0 Å². The van der Waals surface area contributed by atoms with Crippen LogP contribution in [0.5, 0.6) is 0 Å². The van der Waals surface area contributed by atoms with Gasteiger partial charge in [-0.1, -0.05) is 59.0 Å². The van der Waals surface area contributed by atoms with Crippen LogP contribution in [0.1, 0.15) is 5.56 Å². The van der Waals surface area contributed by atoms with Crippen molar-refractivity contribution in [1.82, 2.24) is 5.32 Å². The zero-order chi connectivity index (χ0) is 12.5. The quantitative estimate of drug-likeness (QED) is 0.808. The first kappa shape index (κ1) is 12.6. The van der Waals surface area contributed by atoms with Gasteiger partial charge in [-0.25, -0.2) is 0 Å². The van der Waals surface area contributed by atoms with Crippen LogP contribution >= 0.6 is 15.9 Å². The monoisotopic (exact) mass is 307 g/mol. The Labute approximate surface area is 113 Å². The lowest BCUT2D eigenvalue weighted by Crippen LogP contribution is -2.33. The fourth-order valence-corrected chi connectivity index (χ4v) is 3.46. The maximum atomic E-state index is 3.53. The van der Waals surface area contributed by atoms with Crippen LogP contribution in [0.3, 0.4) is 0 Å². The lowest BCUT2D eigenvalue weighted by molar-refractivity contribution is 0.972. The van der Waals surface area contributed by atoms with E-state index in [1.54, 1.807) is 5.20 Å². The SMILES string of the molecule is C[Si](C)(C)C1=CC=C(c2cccc(Br)c2)NC1. The summed E-state index contributed by atoms with van der Waals surface area (Å²) < 4.78 is 1.12. The zero-order valence-electron chi connectivity index (χ0n) is 10.5. The van der Waals surface area contributed by atoms with Gasteiger partial charge in [0.2, 0.25) is 0 Å². The van der Waals surface area contributed by atoms with Crippen molar-refractivity contribution in [1.29, 1.82) is 0 Å². The number of hydrogen-bond donors (Lipinski definition) is 1. The van der Waals surface area contributed by atoms with Gasteiger partial charge in [0.05, 0.1) is 8.07 Å². The third-order valence-corrected chi connectivity index (χ3v) is 5.78. The van der Waals surface area contributed by atoms with Gasteiger partial charge in [0.1, 0.15) is 0 Å². The molecule has 90 valence electrons. The molecule has 3 heteroatoms. The predicted molar refractivity (Wildman–Crippen MR) is 81.6 cm³/mol. The highest BCUT2D eigenvalue weighted by atomic mass is 79.9. The number of benzene rings is 1. The van der Waals surface area contributed by atoms with Crippen LogP contribution in [0, 0.1) is 0 Å². The minimum Gasteiger partial charge on any atom is -0.381 e. The molecular weight excluding hydrogens is 290 g/mol. The Bertz CT molecular complexity index is 483. The normalized spacial score (nSPS) is 16.0. The van der Waals surface area contributed by atoms with Crippen LogP contribution < -0.4 is 5.32 Å². The van der Waals surface area contributed by atoms with Crippen LogP contribution in [-0.2, 0) is 0 Å². The van der Waals surface area contributed by atoms with E-state index in [4.69, 9.17) is 0 Å². The second kappa shape index (κ2) is 4.82. The van der Waals surface area contributed by atoms with Gasteiger partial charge in [-0.15, -0.1) is 0 Å². The van der Waals surface area contributed by atoms with E-state index in [2.05, 4.69) is 77.3 Å². The number of hydrogen-bond acceptors (Lipinski definition) is 1. The van der Waals surface area contributed by atoms with Gasteiger partial charge >= 0.3 is 0 Å². The van der Waals surface area contributed by atoms with Crippen LogP contribution in [0.15, 0.2) is 46.1 Å². The Morgan fingerprint density at radius 3 is 2.47 bits per heavy atom. The average Bonchev–Trinajstić information content (AvgIpc) is 2.28. The number of dihydropyridines is 1. The minimum atomic E-state index is -1.15. The summed E-state index contributed by atoms with van der Waals surface area (Å²) in [5, 5.41) is 5.11. The summed E-state index contributed by atoms with van der Waals surface area (Å²) in [6.07, 6.45) is 4.51. The van der Waals surface area contributed by atoms with Crippen LogP contribution in [-0.4, -0.2) is 14.6 Å². The zero-order valence-corrected chi connectivity index (χ0v) is 13.1. The lowest BCUT2D eigenvalue weighted by atomic mass is 10.1. The van der Waals surface area contributed by atoms with E-state index < -0.39 is 8.07 Å². The molecule has 0 amide bonds. The van der Waals surface area contributed by atoms with Crippen LogP contribution in [0.2, 0.25) is 19.6 Å². The summed E-state index contributed by atoms with van der Waals surface area (Å²) in [5.74, 6) is 0. The molecule has 1 heterocycles. The second-order valence-electron chi connectivity index (χ2n) is 5.39. The highest BCUT2D eigenvalue weighted by Gasteiger charge is 2.20. The van der Waals surface area contributed by atoms with Gasteiger partial charge in [-0.2, -0.15) is 0 Å². The Balaban J connectivity index is 2.27. The maximum Gasteiger partial charge on any atom is 0.0747 e. The van der Waals surface area contributed by atoms with E-state index in [9.17, 15) is 0 Å². The predicted octanol–water partition coefficient (Wildman–Crippen LogP) is 4.20. The fourth-order valence-electron chi connectivity index (χ4n) is 1.86. The van der Waals surface area contributed by atoms with Crippen molar-refractivity contribution in [3.05, 3.63) is 51.7 Å². The third kappa shape index (κ3) is 3.10. The highest BCUT2D eigenvalue weighted by Crippen LogP contribution is 2.23. The van der Waals surface area contributed by atoms with E-state index in [1.165, 1.54) is 11.3 Å². The molecule has 0 radical (unpaired) electrons. The molecule has 2 rings (SSSR count). The molecule has 1 N–H and O–H groups in total. The van der Waals surface area contributed by atoms with Crippen LogP contribution in [0.25, 0.3) is 5.70 Å². The first-order chi connectivity index (χ1) is 7.97. The van der Waals surface area contributed by atoms with Crippen molar-refractivity contribution >= 4 is 29.7 Å². The van der Waals surface area contributed by atoms with E-state index in [0.29, 0.717) is 0 Å². The molecule has 0 bridgehead atoms. The third-order valence-electron chi connectivity index (χ3n) is 3.02. The number of halogens is 1. The molecule has 0 saturated heterocycles. The summed E-state index contributed by atoms with van der Waals surface area (Å²) in [4.78, 5) is 0. The topological polar surface area (TPSA) is 12.0 Å². The average molecular weight is 308 g/mol. The molecule has 17 heavy (non-hydrogen) atoms. The van der Waals surface area contributed by atoms with Crippen LogP contribution in [0.4, 0.5) is 0 Å². The summed E-state index contributed by atoms with van der Waals surface area (Å²) in [6.45, 7) is 8.16. The minimum absolute atomic E-state index is 0.994. The Morgan fingerprint density at radius 1 is 1.18 bits per heavy atom. The standard InChI is InChI=1S/C14H18BrNSi/c1-17(2,3)13-7-8-14(16-10-13)11-5-4-6-12(15)9-11/h4-9,16H,10H2,1-3H3. The highest BCUT2D eigenvalue weighted by molar-refractivity contribution is 9.10. The first-order valence-corrected chi connectivity index (χ1v) is 10.2. The molecule has 1 aromatic carbocycles. The Morgan fingerprint density at radius 2 is 1.94 bits per heavy atom. The van der Waals surface area contributed by atoms with E-state index in [1.807, 2.05) is 0 Å². The van der Waals surface area contributed by atoms with Crippen molar-refractivity contribution in [3.63, 3.8) is 0 Å². The van der Waals surface area contributed by atoms with E-state index >= 15 is 0 Å². The van der Waals surface area contributed by atoms with Crippen molar-refractivity contribution in [2.24, 2.45) is 0 Å². The summed E-state index contributed by atoms with van der Waals surface area (Å²) in [5.41, 5.74) is 2.46. The van der Waals surface area contributed by atoms with Gasteiger partial charge in [0, 0.05) is 16.7 Å². The number of allylic oxidation sites excluding steroid dienone is 2. The smallest absolute Gasteiger partial charge is 0.0747 e. The molecule has 1 nitrogen and oxygen atoms in total. The molecular formula is C14H18BrNSi. The van der Waals surface area contributed by atoms with Crippen molar-refractivity contribution in [2.75, 3.05) is 6.54 Å². The molecule has 0 saturated carbocycles. The maximum absolute atomic E-state index is 3.53. The largest absolute Gasteiger partial charge is 0.381 e. The molecule has 0 aromatic heterocycles. The van der Waals surface area contributed by atoms with Crippen molar-refractivity contribution in [3.8, 4) is 0 Å². The lowest BCUT2D eigenvalue weighted by Gasteiger charge is -2.25. The summed E-state index contributed by atoms with van der Waals surface area (Å²) in [6, 6.07) is 8.40. The van der Waals surface area contributed by atoms with Gasteiger partial charge in [-0.05, 0) is 23.8 Å². The molecule has 0 atom stereocenters. The molecule has 0 unspecified atom stereocenters. The summed E-state index contributed by atoms with van der Waals surface area (Å²) in [7, 11) is -1.15. The molecule has 1 aromatic rings. The van der Waals surface area contributed by atoms with Crippen molar-refractivity contribution < 1.29 is 0 Å². The second-order valence-corrected chi connectivity index (χ2v) is 11.4. The first-order valence-electron chi connectivity index (χ1n) is 5.88. The van der Waals surface area contributed by atoms with Gasteiger partial charge < -0.3 is 5.32 Å². The molecule has 0 spiro atoms. The summed E-state index contributed by atoms with van der Waals surface area (Å²) >= 11 is 3.51. The molecule has 1 aliphatic heterocycles. The van der Waals surface area contributed by atoms with Gasteiger partial charge in [0.25, 0.3) is 0 Å². The fraction of sp³-hybridized carbons (Fsp3) is 0.286. The molecule has 0 fully saturated rings. The Hall–Kier alpha value is -0.803. The van der Waals surface area contributed by atoms with Gasteiger partial charge in [0.15, 0.2) is 0 Å².